The van der Waals surface area contributed by atoms with Crippen LogP contribution in [0.3, 0.4) is 0 Å². The molecule has 0 atom stereocenters. The number of benzene rings is 2. The first-order valence-corrected chi connectivity index (χ1v) is 4.98. The van der Waals surface area contributed by atoms with Gasteiger partial charge in [-0.05, 0) is 41.8 Å². The third-order valence-electron chi connectivity index (χ3n) is 2.44. The van der Waals surface area contributed by atoms with Crippen LogP contribution in [-0.2, 0) is 0 Å². The molecule has 2 aromatic carbocycles. The zero-order valence-corrected chi connectivity index (χ0v) is 8.88. The number of rotatable bonds is 2. The first kappa shape index (κ1) is 10.9. The molecular weight excluding hydrogens is 214 g/mol. The molecule has 81 valence electrons. The molecule has 0 aliphatic rings. The first-order chi connectivity index (χ1) is 8.20. The van der Waals surface area contributed by atoms with Gasteiger partial charge in [0.2, 0.25) is 0 Å². The summed E-state index contributed by atoms with van der Waals surface area (Å²) in [6, 6.07) is 13.7. The highest BCUT2D eigenvalue weighted by atomic mass is 16.6. The molecule has 0 saturated carbocycles. The van der Waals surface area contributed by atoms with Crippen LogP contribution in [0, 0.1) is 22.5 Å². The van der Waals surface area contributed by atoms with Gasteiger partial charge in [0.15, 0.2) is 0 Å². The lowest BCUT2D eigenvalue weighted by Crippen LogP contribution is -1.87. The number of nitro groups is 1. The highest BCUT2D eigenvalue weighted by Gasteiger charge is 2.04. The summed E-state index contributed by atoms with van der Waals surface area (Å²) in [6.07, 6.45) is 6.97. The summed E-state index contributed by atoms with van der Waals surface area (Å²) in [7, 11) is 0. The predicted molar refractivity (Wildman–Crippen MR) is 64.8 cm³/mol. The third kappa shape index (κ3) is 2.32. The largest absolute Gasteiger partial charge is 0.269 e. The van der Waals surface area contributed by atoms with E-state index in [2.05, 4.69) is 5.92 Å². The van der Waals surface area contributed by atoms with Crippen molar-refractivity contribution in [2.75, 3.05) is 0 Å². The minimum atomic E-state index is -0.420. The van der Waals surface area contributed by atoms with Crippen LogP contribution in [0.2, 0.25) is 0 Å². The van der Waals surface area contributed by atoms with Crippen LogP contribution in [0.25, 0.3) is 11.1 Å². The monoisotopic (exact) mass is 222 g/mol. The van der Waals surface area contributed by atoms with Crippen LogP contribution in [-0.4, -0.2) is 4.92 Å². The Labute approximate surface area is 98.9 Å². The van der Waals surface area contributed by atoms with E-state index in [1.165, 1.54) is 12.1 Å². The van der Waals surface area contributed by atoms with Crippen molar-refractivity contribution in [3.8, 4) is 17.0 Å². The Balaban J connectivity index is 2.33. The summed E-state index contributed by atoms with van der Waals surface area (Å²) >= 11 is 0. The molecule has 2 aromatic rings. The van der Waals surface area contributed by atoms with Crippen LogP contribution in [0.1, 0.15) is 5.56 Å². The Kier molecular flexibility index (Phi) is 2.89. The maximum absolute atomic E-state index is 10.5. The number of hydrogen-bond donors (Lipinski definition) is 0. The van der Waals surface area contributed by atoms with E-state index in [1.807, 2.05) is 12.1 Å². The van der Waals surface area contributed by atoms with Gasteiger partial charge in [-0.2, -0.15) is 0 Å². The van der Waals surface area contributed by atoms with Crippen molar-refractivity contribution in [2.45, 2.75) is 0 Å². The molecule has 17 heavy (non-hydrogen) atoms. The van der Waals surface area contributed by atoms with E-state index in [4.69, 9.17) is 6.42 Å². The Morgan fingerprint density at radius 1 is 0.941 bits per heavy atom. The Morgan fingerprint density at radius 2 is 1.41 bits per heavy atom. The van der Waals surface area contributed by atoms with Crippen LogP contribution < -0.4 is 0 Å². The van der Waals surface area contributed by atoms with Crippen LogP contribution in [0.15, 0.2) is 48.5 Å². The van der Waals surface area contributed by atoms with Crippen LogP contribution in [0.4, 0.5) is 5.69 Å². The molecule has 0 N–H and O–H groups in total. The molecular formula is C14H8NO2. The van der Waals surface area contributed by atoms with Crippen molar-refractivity contribution in [3.63, 3.8) is 0 Å². The molecule has 3 nitrogen and oxygen atoms in total. The average molecular weight is 222 g/mol. The molecule has 0 heterocycles. The molecule has 2 rings (SSSR count). The molecule has 0 saturated heterocycles. The number of hydrogen-bond acceptors (Lipinski definition) is 2. The molecule has 0 aliphatic heterocycles. The van der Waals surface area contributed by atoms with Crippen LogP contribution >= 0.6 is 0 Å². The Bertz CT molecular complexity index is 577. The minimum absolute atomic E-state index is 0.0817. The van der Waals surface area contributed by atoms with Crippen molar-refractivity contribution in [2.24, 2.45) is 0 Å². The van der Waals surface area contributed by atoms with E-state index < -0.39 is 4.92 Å². The Hall–Kier alpha value is -2.60. The number of non-ortho nitro benzene ring substituents is 1. The highest BCUT2D eigenvalue weighted by molar-refractivity contribution is 5.65. The molecule has 0 aromatic heterocycles. The molecule has 0 bridgehead atoms. The summed E-state index contributed by atoms with van der Waals surface area (Å²) in [4.78, 5) is 10.1. The van der Waals surface area contributed by atoms with E-state index in [-0.39, 0.29) is 5.69 Å². The van der Waals surface area contributed by atoms with Crippen molar-refractivity contribution >= 4 is 5.69 Å². The lowest BCUT2D eigenvalue weighted by Gasteiger charge is -2.01. The van der Waals surface area contributed by atoms with Gasteiger partial charge in [0, 0.05) is 17.7 Å². The van der Waals surface area contributed by atoms with E-state index >= 15 is 0 Å². The fourth-order valence-corrected chi connectivity index (χ4v) is 1.52. The van der Waals surface area contributed by atoms with Gasteiger partial charge in [0.25, 0.3) is 5.69 Å². The average Bonchev–Trinajstić information content (AvgIpc) is 2.39. The molecule has 1 radical (unpaired) electrons. The second-order valence-electron chi connectivity index (χ2n) is 3.51. The molecule has 0 unspecified atom stereocenters. The third-order valence-corrected chi connectivity index (χ3v) is 2.44. The second-order valence-corrected chi connectivity index (χ2v) is 3.51. The lowest BCUT2D eigenvalue weighted by molar-refractivity contribution is -0.384. The molecule has 0 spiro atoms. The van der Waals surface area contributed by atoms with E-state index in [0.29, 0.717) is 5.56 Å². The number of nitrogens with zero attached hydrogens (tertiary/aromatic N) is 1. The van der Waals surface area contributed by atoms with Gasteiger partial charge >= 0.3 is 0 Å². The summed E-state index contributed by atoms with van der Waals surface area (Å²) in [5.41, 5.74) is 2.65. The zero-order chi connectivity index (χ0) is 12.3. The quantitative estimate of drug-likeness (QED) is 0.445. The highest BCUT2D eigenvalue weighted by Crippen LogP contribution is 2.22. The first-order valence-electron chi connectivity index (χ1n) is 4.98. The van der Waals surface area contributed by atoms with Crippen molar-refractivity contribution < 1.29 is 4.92 Å². The van der Waals surface area contributed by atoms with E-state index in [0.717, 1.165) is 11.1 Å². The summed E-state index contributed by atoms with van der Waals surface area (Å²) in [5, 5.41) is 10.5. The van der Waals surface area contributed by atoms with Gasteiger partial charge in [0.05, 0.1) is 4.92 Å². The Morgan fingerprint density at radius 3 is 1.82 bits per heavy atom. The van der Waals surface area contributed by atoms with E-state index in [1.54, 1.807) is 24.3 Å². The van der Waals surface area contributed by atoms with Crippen molar-refractivity contribution in [1.82, 2.24) is 0 Å². The van der Waals surface area contributed by atoms with Gasteiger partial charge < -0.3 is 0 Å². The number of nitro benzene ring substituents is 1. The van der Waals surface area contributed by atoms with Gasteiger partial charge in [-0.25, -0.2) is 0 Å². The molecule has 0 amide bonds. The van der Waals surface area contributed by atoms with Gasteiger partial charge in [-0.3, -0.25) is 10.1 Å². The summed E-state index contributed by atoms with van der Waals surface area (Å²) < 4.78 is 0. The fourth-order valence-electron chi connectivity index (χ4n) is 1.52. The molecule has 0 aliphatic carbocycles. The van der Waals surface area contributed by atoms with Gasteiger partial charge in [0.1, 0.15) is 0 Å². The standard InChI is InChI=1S/C14H8NO2/c1-2-11-3-5-12(6-4-11)13-7-9-14(10-8-13)15(16)17/h3-10H. The zero-order valence-electron chi connectivity index (χ0n) is 8.88. The van der Waals surface area contributed by atoms with Gasteiger partial charge in [-0.1, -0.05) is 18.1 Å². The topological polar surface area (TPSA) is 43.1 Å². The maximum atomic E-state index is 10.5. The summed E-state index contributed by atoms with van der Waals surface area (Å²) in [5.74, 6) is 2.29. The fraction of sp³-hybridized carbons (Fsp3) is 0. The van der Waals surface area contributed by atoms with E-state index in [9.17, 15) is 10.1 Å². The minimum Gasteiger partial charge on any atom is -0.258 e. The summed E-state index contributed by atoms with van der Waals surface area (Å²) in [6.45, 7) is 0. The SMILES string of the molecule is [C]#Cc1ccc(-c2ccc([N+](=O)[O-])cc2)cc1. The predicted octanol–water partition coefficient (Wildman–Crippen LogP) is 3.20. The second kappa shape index (κ2) is 4.50. The van der Waals surface area contributed by atoms with Gasteiger partial charge in [-0.15, -0.1) is 0 Å². The maximum Gasteiger partial charge on any atom is 0.269 e. The molecule has 3 heteroatoms. The van der Waals surface area contributed by atoms with Crippen molar-refractivity contribution in [1.29, 1.82) is 0 Å². The lowest BCUT2D eigenvalue weighted by atomic mass is 10.0. The van der Waals surface area contributed by atoms with Crippen LogP contribution in [0.5, 0.6) is 0 Å². The molecule has 0 fully saturated rings. The van der Waals surface area contributed by atoms with Crippen molar-refractivity contribution in [3.05, 3.63) is 70.6 Å². The smallest absolute Gasteiger partial charge is 0.258 e. The normalized spacial score (nSPS) is 9.59.